The second-order valence-electron chi connectivity index (χ2n) is 6.87. The number of imidazole rings is 1. The maximum Gasteiger partial charge on any atom is 0.214 e. The van der Waals surface area contributed by atoms with Crippen molar-refractivity contribution in [2.45, 2.75) is 13.2 Å². The van der Waals surface area contributed by atoms with E-state index in [-0.39, 0.29) is 0 Å². The van der Waals surface area contributed by atoms with Crippen molar-refractivity contribution in [2.75, 3.05) is 14.2 Å². The van der Waals surface area contributed by atoms with Crippen molar-refractivity contribution in [3.8, 4) is 34.8 Å². The summed E-state index contributed by atoms with van der Waals surface area (Å²) in [6.45, 7) is 0.839. The molecule has 3 aromatic heterocycles. The highest BCUT2D eigenvalue weighted by Gasteiger charge is 2.25. The van der Waals surface area contributed by atoms with Crippen LogP contribution in [0.3, 0.4) is 0 Å². The molecule has 0 bridgehead atoms. The highest BCUT2D eigenvalue weighted by atomic mass is 35.5. The van der Waals surface area contributed by atoms with E-state index in [1.165, 1.54) is 0 Å². The summed E-state index contributed by atoms with van der Waals surface area (Å²) in [4.78, 5) is 8.69. The molecule has 0 saturated heterocycles. The molecule has 31 heavy (non-hydrogen) atoms. The molecule has 1 aliphatic heterocycles. The summed E-state index contributed by atoms with van der Waals surface area (Å²) in [7, 11) is 3.21. The lowest BCUT2D eigenvalue weighted by Crippen LogP contribution is -2.09. The summed E-state index contributed by atoms with van der Waals surface area (Å²) in [5, 5.41) is 9.34. The van der Waals surface area contributed by atoms with E-state index in [0.717, 1.165) is 34.2 Å². The highest BCUT2D eigenvalue weighted by molar-refractivity contribution is 6.31. The average Bonchev–Trinajstić information content (AvgIpc) is 3.34. The second-order valence-corrected chi connectivity index (χ2v) is 7.30. The van der Waals surface area contributed by atoms with E-state index >= 15 is 0 Å². The summed E-state index contributed by atoms with van der Waals surface area (Å²) >= 11 is 6.29. The van der Waals surface area contributed by atoms with E-state index < -0.39 is 0 Å². The summed E-state index contributed by atoms with van der Waals surface area (Å²) in [5.41, 5.74) is 4.17. The second kappa shape index (κ2) is 7.87. The Balaban J connectivity index is 1.66. The van der Waals surface area contributed by atoms with Gasteiger partial charge in [0.1, 0.15) is 18.6 Å². The van der Waals surface area contributed by atoms with E-state index in [1.807, 2.05) is 33.4 Å². The van der Waals surface area contributed by atoms with Gasteiger partial charge in [0, 0.05) is 35.5 Å². The standard InChI is InChI=1S/C22H17ClN6O2/c1-30-12-20-26-27-22-16-10-15(23)4-6-18(16)29-13-25-17(19(29)11-28(20)22)5-3-14-7-8-24-21(9-14)31-2/h4,6-10,13H,11-12H2,1-2H3. The third-order valence-corrected chi connectivity index (χ3v) is 5.24. The fourth-order valence-electron chi connectivity index (χ4n) is 3.55. The number of fused-ring (bicyclic) bond motifs is 5. The number of hydrogen-bond donors (Lipinski definition) is 0. The van der Waals surface area contributed by atoms with Gasteiger partial charge in [-0.25, -0.2) is 9.97 Å². The minimum Gasteiger partial charge on any atom is -0.481 e. The predicted octanol–water partition coefficient (Wildman–Crippen LogP) is 3.10. The van der Waals surface area contributed by atoms with E-state index in [2.05, 4.69) is 32.0 Å². The van der Waals surface area contributed by atoms with Crippen LogP contribution in [-0.4, -0.2) is 43.5 Å². The first-order valence-electron chi connectivity index (χ1n) is 9.47. The van der Waals surface area contributed by atoms with Gasteiger partial charge in [0.15, 0.2) is 11.6 Å². The lowest BCUT2D eigenvalue weighted by molar-refractivity contribution is 0.174. The van der Waals surface area contributed by atoms with E-state index in [4.69, 9.17) is 21.1 Å². The van der Waals surface area contributed by atoms with Crippen molar-refractivity contribution in [2.24, 2.45) is 0 Å². The maximum atomic E-state index is 6.29. The van der Waals surface area contributed by atoms with Crippen LogP contribution in [0.25, 0.3) is 17.1 Å². The molecule has 4 heterocycles. The van der Waals surface area contributed by atoms with Crippen molar-refractivity contribution >= 4 is 11.6 Å². The zero-order valence-corrected chi connectivity index (χ0v) is 17.6. The molecule has 0 fully saturated rings. The quantitative estimate of drug-likeness (QED) is 0.407. The zero-order chi connectivity index (χ0) is 21.4. The topological polar surface area (TPSA) is 79.9 Å². The number of pyridine rings is 1. The monoisotopic (exact) mass is 432 g/mol. The molecule has 8 nitrogen and oxygen atoms in total. The zero-order valence-electron chi connectivity index (χ0n) is 16.8. The number of rotatable bonds is 3. The van der Waals surface area contributed by atoms with Gasteiger partial charge in [0.25, 0.3) is 0 Å². The Morgan fingerprint density at radius 2 is 2.00 bits per heavy atom. The summed E-state index contributed by atoms with van der Waals surface area (Å²) in [6, 6.07) is 9.30. The predicted molar refractivity (Wildman–Crippen MR) is 114 cm³/mol. The normalized spacial score (nSPS) is 11.6. The van der Waals surface area contributed by atoms with Gasteiger partial charge in [-0.05, 0) is 30.2 Å². The van der Waals surface area contributed by atoms with Crippen molar-refractivity contribution in [1.29, 1.82) is 0 Å². The maximum absolute atomic E-state index is 6.29. The van der Waals surface area contributed by atoms with E-state index in [9.17, 15) is 0 Å². The SMILES string of the molecule is COCc1nnc2n1Cc1c(C#Cc3ccnc(OC)c3)ncn1-c1ccc(Cl)cc1-2. The Bertz CT molecular complexity index is 1350. The van der Waals surface area contributed by atoms with Crippen LogP contribution in [0.5, 0.6) is 5.88 Å². The third-order valence-electron chi connectivity index (χ3n) is 5.00. The Morgan fingerprint density at radius 3 is 2.84 bits per heavy atom. The molecule has 1 aliphatic rings. The van der Waals surface area contributed by atoms with E-state index in [1.54, 1.807) is 32.8 Å². The molecule has 1 aromatic carbocycles. The van der Waals surface area contributed by atoms with Crippen LogP contribution < -0.4 is 4.74 Å². The third kappa shape index (κ3) is 3.44. The minimum atomic E-state index is 0.342. The van der Waals surface area contributed by atoms with E-state index in [0.29, 0.717) is 29.7 Å². The molecule has 0 unspecified atom stereocenters. The Labute approximate surface area is 183 Å². The molecular weight excluding hydrogens is 416 g/mol. The van der Waals surface area contributed by atoms with Crippen molar-refractivity contribution < 1.29 is 9.47 Å². The van der Waals surface area contributed by atoms with Gasteiger partial charge in [-0.15, -0.1) is 10.2 Å². The Hall–Kier alpha value is -3.67. The van der Waals surface area contributed by atoms with Gasteiger partial charge in [-0.1, -0.05) is 17.5 Å². The van der Waals surface area contributed by atoms with Gasteiger partial charge < -0.3 is 14.0 Å². The molecule has 0 N–H and O–H groups in total. The molecule has 4 aromatic rings. The van der Waals surface area contributed by atoms with Gasteiger partial charge in [-0.2, -0.15) is 0 Å². The number of aromatic nitrogens is 6. The summed E-state index contributed by atoms with van der Waals surface area (Å²) < 4.78 is 14.5. The molecule has 0 amide bonds. The largest absolute Gasteiger partial charge is 0.481 e. The van der Waals surface area contributed by atoms with Gasteiger partial charge in [-0.3, -0.25) is 4.57 Å². The lowest BCUT2D eigenvalue weighted by Gasteiger charge is -2.08. The highest BCUT2D eigenvalue weighted by Crippen LogP contribution is 2.34. The minimum absolute atomic E-state index is 0.342. The lowest BCUT2D eigenvalue weighted by atomic mass is 10.1. The van der Waals surface area contributed by atoms with Gasteiger partial charge in [0.2, 0.25) is 5.88 Å². The number of benzene rings is 1. The smallest absolute Gasteiger partial charge is 0.214 e. The number of methoxy groups -OCH3 is 2. The summed E-state index contributed by atoms with van der Waals surface area (Å²) in [5.74, 6) is 8.30. The van der Waals surface area contributed by atoms with Crippen molar-refractivity contribution in [3.63, 3.8) is 0 Å². The van der Waals surface area contributed by atoms with Crippen LogP contribution in [0.4, 0.5) is 0 Å². The van der Waals surface area contributed by atoms with Crippen LogP contribution in [-0.2, 0) is 17.9 Å². The number of hydrogen-bond acceptors (Lipinski definition) is 6. The molecule has 0 saturated carbocycles. The average molecular weight is 433 g/mol. The molecule has 9 heteroatoms. The molecule has 0 spiro atoms. The van der Waals surface area contributed by atoms with Crippen molar-refractivity contribution in [3.05, 3.63) is 70.7 Å². The summed E-state index contributed by atoms with van der Waals surface area (Å²) in [6.07, 6.45) is 3.44. The number of ether oxygens (including phenoxy) is 2. The molecule has 154 valence electrons. The first-order chi connectivity index (χ1) is 15.2. The van der Waals surface area contributed by atoms with Crippen LogP contribution in [0.2, 0.25) is 5.02 Å². The van der Waals surface area contributed by atoms with Gasteiger partial charge >= 0.3 is 0 Å². The number of nitrogens with zero attached hydrogens (tertiary/aromatic N) is 6. The first kappa shape index (κ1) is 19.3. The molecule has 0 aliphatic carbocycles. The molecular formula is C22H17ClN6O2. The van der Waals surface area contributed by atoms with Crippen molar-refractivity contribution in [1.82, 2.24) is 29.3 Å². The molecule has 5 rings (SSSR count). The van der Waals surface area contributed by atoms with Crippen LogP contribution >= 0.6 is 11.6 Å². The van der Waals surface area contributed by atoms with Crippen LogP contribution in [0, 0.1) is 11.8 Å². The van der Waals surface area contributed by atoms with Gasteiger partial charge in [0.05, 0.1) is 25.0 Å². The first-order valence-corrected chi connectivity index (χ1v) is 9.85. The number of halogens is 1. The Morgan fingerprint density at radius 1 is 1.10 bits per heavy atom. The van der Waals surface area contributed by atoms with Crippen LogP contribution in [0.1, 0.15) is 22.8 Å². The Kier molecular flexibility index (Phi) is 4.90. The van der Waals surface area contributed by atoms with Crippen LogP contribution in [0.15, 0.2) is 42.9 Å². The fourth-order valence-corrected chi connectivity index (χ4v) is 3.72. The molecule has 0 atom stereocenters. The molecule has 0 radical (unpaired) electrons. The fraction of sp³-hybridized carbons (Fsp3) is 0.182.